The summed E-state index contributed by atoms with van der Waals surface area (Å²) in [5, 5.41) is 6.04. The third-order valence-electron chi connectivity index (χ3n) is 4.31. The highest BCUT2D eigenvalue weighted by molar-refractivity contribution is 7.99. The molecule has 0 aliphatic carbocycles. The van der Waals surface area contributed by atoms with Gasteiger partial charge in [-0.1, -0.05) is 41.9 Å². The number of amides is 2. The van der Waals surface area contributed by atoms with E-state index in [-0.39, 0.29) is 17.1 Å². The van der Waals surface area contributed by atoms with Gasteiger partial charge in [-0.3, -0.25) is 9.59 Å². The van der Waals surface area contributed by atoms with Crippen LogP contribution in [-0.4, -0.2) is 36.7 Å². The highest BCUT2D eigenvalue weighted by Crippen LogP contribution is 2.29. The average Bonchev–Trinajstić information content (AvgIpc) is 2.67. The van der Waals surface area contributed by atoms with Gasteiger partial charge in [0.1, 0.15) is 0 Å². The zero-order chi connectivity index (χ0) is 19.2. The summed E-state index contributed by atoms with van der Waals surface area (Å²) >= 11 is 7.97. The molecule has 2 aromatic carbocycles. The second-order valence-corrected chi connectivity index (χ2v) is 8.10. The molecule has 2 amide bonds. The van der Waals surface area contributed by atoms with Crippen molar-refractivity contribution >= 4 is 46.6 Å². The van der Waals surface area contributed by atoms with Crippen molar-refractivity contribution in [1.29, 1.82) is 0 Å². The molecule has 1 heterocycles. The summed E-state index contributed by atoms with van der Waals surface area (Å²) in [4.78, 5) is 25.9. The van der Waals surface area contributed by atoms with E-state index in [2.05, 4.69) is 22.8 Å². The summed E-state index contributed by atoms with van der Waals surface area (Å²) in [5.74, 6) is 0.711. The van der Waals surface area contributed by atoms with Crippen molar-refractivity contribution in [2.45, 2.75) is 17.9 Å². The first-order valence-corrected chi connectivity index (χ1v) is 10.2. The SMILES string of the molecule is CC(SCc1ccccc1)C(=O)Nc1ccc(N2CCNC(=O)C2)c(Cl)c1. The Morgan fingerprint density at radius 2 is 2.07 bits per heavy atom. The number of hydrogen-bond acceptors (Lipinski definition) is 4. The minimum absolute atomic E-state index is 0.0149. The minimum Gasteiger partial charge on any atom is -0.359 e. The van der Waals surface area contributed by atoms with E-state index in [1.807, 2.05) is 42.2 Å². The van der Waals surface area contributed by atoms with Crippen LogP contribution in [-0.2, 0) is 15.3 Å². The number of nitrogens with zero attached hydrogens (tertiary/aromatic N) is 1. The molecule has 0 bridgehead atoms. The molecule has 2 aromatic rings. The largest absolute Gasteiger partial charge is 0.359 e. The van der Waals surface area contributed by atoms with E-state index in [4.69, 9.17) is 11.6 Å². The van der Waals surface area contributed by atoms with Crippen molar-refractivity contribution < 1.29 is 9.59 Å². The lowest BCUT2D eigenvalue weighted by atomic mass is 10.2. The molecule has 1 fully saturated rings. The number of rotatable bonds is 6. The maximum absolute atomic E-state index is 12.4. The van der Waals surface area contributed by atoms with E-state index < -0.39 is 0 Å². The predicted octanol–water partition coefficient (Wildman–Crippen LogP) is 3.54. The summed E-state index contributed by atoms with van der Waals surface area (Å²) in [5.41, 5.74) is 2.65. The van der Waals surface area contributed by atoms with Gasteiger partial charge in [-0.05, 0) is 30.7 Å². The van der Waals surface area contributed by atoms with Crippen LogP contribution in [0.1, 0.15) is 12.5 Å². The van der Waals surface area contributed by atoms with Crippen LogP contribution < -0.4 is 15.5 Å². The molecule has 27 heavy (non-hydrogen) atoms. The molecular formula is C20H22ClN3O2S. The van der Waals surface area contributed by atoms with Crippen molar-refractivity contribution in [2.75, 3.05) is 29.9 Å². The number of piperazine rings is 1. The van der Waals surface area contributed by atoms with E-state index >= 15 is 0 Å². The van der Waals surface area contributed by atoms with Gasteiger partial charge in [0, 0.05) is 24.5 Å². The topological polar surface area (TPSA) is 61.4 Å². The number of nitrogens with one attached hydrogen (secondary N) is 2. The second-order valence-electron chi connectivity index (χ2n) is 6.37. The van der Waals surface area contributed by atoms with Crippen molar-refractivity contribution in [3.63, 3.8) is 0 Å². The normalized spacial score (nSPS) is 15.2. The molecule has 2 N–H and O–H groups in total. The minimum atomic E-state index is -0.186. The Balaban J connectivity index is 1.57. The Morgan fingerprint density at radius 3 is 2.78 bits per heavy atom. The van der Waals surface area contributed by atoms with Gasteiger partial charge < -0.3 is 15.5 Å². The lowest BCUT2D eigenvalue weighted by Crippen LogP contribution is -2.47. The quantitative estimate of drug-likeness (QED) is 0.774. The van der Waals surface area contributed by atoms with Gasteiger partial charge in [0.15, 0.2) is 0 Å². The Morgan fingerprint density at radius 1 is 1.30 bits per heavy atom. The summed E-state index contributed by atoms with van der Waals surface area (Å²) in [7, 11) is 0. The summed E-state index contributed by atoms with van der Waals surface area (Å²) < 4.78 is 0. The predicted molar refractivity (Wildman–Crippen MR) is 113 cm³/mol. The van der Waals surface area contributed by atoms with Gasteiger partial charge in [-0.15, -0.1) is 11.8 Å². The molecule has 5 nitrogen and oxygen atoms in total. The van der Waals surface area contributed by atoms with Crippen LogP contribution in [0.3, 0.4) is 0 Å². The number of hydrogen-bond donors (Lipinski definition) is 2. The number of carbonyl (C=O) groups is 2. The molecule has 1 unspecified atom stereocenters. The second kappa shape index (κ2) is 9.15. The first kappa shape index (κ1) is 19.6. The number of thioether (sulfide) groups is 1. The number of benzene rings is 2. The molecule has 0 radical (unpaired) electrons. The zero-order valence-electron chi connectivity index (χ0n) is 15.1. The first-order valence-electron chi connectivity index (χ1n) is 8.80. The Bertz CT molecular complexity index is 816. The van der Waals surface area contributed by atoms with Crippen LogP contribution in [0.4, 0.5) is 11.4 Å². The maximum Gasteiger partial charge on any atom is 0.239 e. The van der Waals surface area contributed by atoms with Gasteiger partial charge >= 0.3 is 0 Å². The third-order valence-corrected chi connectivity index (χ3v) is 5.82. The molecule has 1 saturated heterocycles. The summed E-state index contributed by atoms with van der Waals surface area (Å²) in [6, 6.07) is 15.5. The van der Waals surface area contributed by atoms with Crippen LogP contribution >= 0.6 is 23.4 Å². The summed E-state index contributed by atoms with van der Waals surface area (Å²) in [6.07, 6.45) is 0. The fourth-order valence-corrected chi connectivity index (χ4v) is 3.95. The van der Waals surface area contributed by atoms with Crippen LogP contribution in [0, 0.1) is 0 Å². The Hall–Kier alpha value is -2.18. The number of halogens is 1. The highest BCUT2D eigenvalue weighted by Gasteiger charge is 2.19. The van der Waals surface area contributed by atoms with Crippen molar-refractivity contribution in [1.82, 2.24) is 5.32 Å². The van der Waals surface area contributed by atoms with E-state index in [1.165, 1.54) is 5.56 Å². The van der Waals surface area contributed by atoms with Crippen LogP contribution in [0.5, 0.6) is 0 Å². The lowest BCUT2D eigenvalue weighted by Gasteiger charge is -2.29. The molecule has 0 spiro atoms. The van der Waals surface area contributed by atoms with Crippen LogP contribution in [0.15, 0.2) is 48.5 Å². The molecule has 142 valence electrons. The molecule has 3 rings (SSSR count). The average molecular weight is 404 g/mol. The van der Waals surface area contributed by atoms with E-state index in [9.17, 15) is 9.59 Å². The van der Waals surface area contributed by atoms with E-state index in [1.54, 1.807) is 17.8 Å². The molecule has 1 aliphatic rings. The molecule has 1 aliphatic heterocycles. The summed E-state index contributed by atoms with van der Waals surface area (Å²) in [6.45, 7) is 3.50. The first-order chi connectivity index (χ1) is 13.0. The molecular weight excluding hydrogens is 382 g/mol. The molecule has 7 heteroatoms. The number of carbonyl (C=O) groups excluding carboxylic acids is 2. The Kier molecular flexibility index (Phi) is 6.63. The van der Waals surface area contributed by atoms with Crippen LogP contribution in [0.25, 0.3) is 0 Å². The van der Waals surface area contributed by atoms with Gasteiger partial charge in [0.05, 0.1) is 22.5 Å². The fourth-order valence-electron chi connectivity index (χ4n) is 2.80. The molecule has 1 atom stereocenters. The smallest absolute Gasteiger partial charge is 0.239 e. The van der Waals surface area contributed by atoms with Crippen molar-refractivity contribution in [3.05, 3.63) is 59.1 Å². The maximum atomic E-state index is 12.4. The van der Waals surface area contributed by atoms with Crippen molar-refractivity contribution in [2.24, 2.45) is 0 Å². The monoisotopic (exact) mass is 403 g/mol. The van der Waals surface area contributed by atoms with Crippen molar-refractivity contribution in [3.8, 4) is 0 Å². The zero-order valence-corrected chi connectivity index (χ0v) is 16.6. The van der Waals surface area contributed by atoms with E-state index in [0.717, 1.165) is 11.4 Å². The van der Waals surface area contributed by atoms with Gasteiger partial charge in [-0.2, -0.15) is 0 Å². The van der Waals surface area contributed by atoms with Gasteiger partial charge in [0.25, 0.3) is 0 Å². The molecule has 0 saturated carbocycles. The third kappa shape index (κ3) is 5.40. The highest BCUT2D eigenvalue weighted by atomic mass is 35.5. The van der Waals surface area contributed by atoms with Gasteiger partial charge in [-0.25, -0.2) is 0 Å². The standard InChI is InChI=1S/C20H22ClN3O2S/c1-14(27-13-15-5-3-2-4-6-15)20(26)23-16-7-8-18(17(21)11-16)24-10-9-22-19(25)12-24/h2-8,11,14H,9-10,12-13H2,1H3,(H,22,25)(H,23,26). The van der Waals surface area contributed by atoms with Gasteiger partial charge in [0.2, 0.25) is 11.8 Å². The molecule has 0 aromatic heterocycles. The van der Waals surface area contributed by atoms with Crippen LogP contribution in [0.2, 0.25) is 5.02 Å². The fraction of sp³-hybridized carbons (Fsp3) is 0.300. The van der Waals surface area contributed by atoms with E-state index in [0.29, 0.717) is 30.3 Å². The lowest BCUT2D eigenvalue weighted by molar-refractivity contribution is -0.120. The Labute approximate surface area is 168 Å². The number of anilines is 2.